The number of anilines is 1. The van der Waals surface area contributed by atoms with Crippen molar-refractivity contribution in [2.75, 3.05) is 17.5 Å². The SMILES string of the molecule is Cc1ccc(C(=O)NCC(C)C(=O)O)cc1NS(C)(=O)=O. The van der Waals surface area contributed by atoms with Gasteiger partial charge in [0.25, 0.3) is 5.91 Å². The van der Waals surface area contributed by atoms with Crippen LogP contribution in [0.3, 0.4) is 0 Å². The van der Waals surface area contributed by atoms with Crippen LogP contribution >= 0.6 is 0 Å². The number of hydrogen-bond acceptors (Lipinski definition) is 4. The lowest BCUT2D eigenvalue weighted by Gasteiger charge is -2.11. The van der Waals surface area contributed by atoms with Gasteiger partial charge >= 0.3 is 5.97 Å². The summed E-state index contributed by atoms with van der Waals surface area (Å²) in [6.07, 6.45) is 1.02. The summed E-state index contributed by atoms with van der Waals surface area (Å²) >= 11 is 0. The third-order valence-electron chi connectivity index (χ3n) is 2.79. The summed E-state index contributed by atoms with van der Waals surface area (Å²) in [5, 5.41) is 11.2. The van der Waals surface area contributed by atoms with E-state index < -0.39 is 27.8 Å². The smallest absolute Gasteiger partial charge is 0.308 e. The van der Waals surface area contributed by atoms with E-state index in [-0.39, 0.29) is 12.1 Å². The van der Waals surface area contributed by atoms with Gasteiger partial charge in [0.05, 0.1) is 17.9 Å². The molecule has 116 valence electrons. The Balaban J connectivity index is 2.86. The fourth-order valence-electron chi connectivity index (χ4n) is 1.51. The van der Waals surface area contributed by atoms with Gasteiger partial charge < -0.3 is 10.4 Å². The second kappa shape index (κ2) is 6.57. The third kappa shape index (κ3) is 5.42. The highest BCUT2D eigenvalue weighted by Crippen LogP contribution is 2.18. The minimum absolute atomic E-state index is 0.00309. The van der Waals surface area contributed by atoms with E-state index in [1.54, 1.807) is 19.1 Å². The van der Waals surface area contributed by atoms with Crippen LogP contribution in [0, 0.1) is 12.8 Å². The van der Waals surface area contributed by atoms with Crippen molar-refractivity contribution in [1.29, 1.82) is 0 Å². The first-order chi connectivity index (χ1) is 9.60. The van der Waals surface area contributed by atoms with Crippen molar-refractivity contribution in [2.24, 2.45) is 5.92 Å². The van der Waals surface area contributed by atoms with Gasteiger partial charge in [0, 0.05) is 12.1 Å². The highest BCUT2D eigenvalue weighted by Gasteiger charge is 2.14. The number of benzene rings is 1. The number of rotatable bonds is 6. The van der Waals surface area contributed by atoms with Crippen LogP contribution < -0.4 is 10.0 Å². The summed E-state index contributed by atoms with van der Waals surface area (Å²) in [6.45, 7) is 3.19. The lowest BCUT2D eigenvalue weighted by molar-refractivity contribution is -0.140. The number of carbonyl (C=O) groups excluding carboxylic acids is 1. The molecule has 1 rings (SSSR count). The summed E-state index contributed by atoms with van der Waals surface area (Å²) in [5.74, 6) is -2.16. The number of carboxylic acid groups (broad SMARTS) is 1. The Labute approximate surface area is 123 Å². The number of nitrogens with one attached hydrogen (secondary N) is 2. The topological polar surface area (TPSA) is 113 Å². The molecule has 0 saturated heterocycles. The molecular formula is C13H18N2O5S. The molecule has 0 fully saturated rings. The molecule has 0 saturated carbocycles. The van der Waals surface area contributed by atoms with Crippen molar-refractivity contribution in [3.8, 4) is 0 Å². The van der Waals surface area contributed by atoms with Gasteiger partial charge in [-0.25, -0.2) is 8.42 Å². The van der Waals surface area contributed by atoms with Crippen LogP contribution in [0.1, 0.15) is 22.8 Å². The first-order valence-corrected chi connectivity index (χ1v) is 8.08. The zero-order valence-electron chi connectivity index (χ0n) is 12.0. The van der Waals surface area contributed by atoms with Crippen LogP contribution in [0.5, 0.6) is 0 Å². The van der Waals surface area contributed by atoms with Gasteiger partial charge in [-0.05, 0) is 24.6 Å². The van der Waals surface area contributed by atoms with Crippen molar-refractivity contribution >= 4 is 27.6 Å². The maximum Gasteiger partial charge on any atom is 0.308 e. The molecule has 1 unspecified atom stereocenters. The fraction of sp³-hybridized carbons (Fsp3) is 0.385. The number of carboxylic acids is 1. The Hall–Kier alpha value is -2.09. The van der Waals surface area contributed by atoms with E-state index in [4.69, 9.17) is 5.11 Å². The first-order valence-electron chi connectivity index (χ1n) is 6.19. The molecule has 1 aromatic carbocycles. The van der Waals surface area contributed by atoms with Crippen molar-refractivity contribution < 1.29 is 23.1 Å². The van der Waals surface area contributed by atoms with E-state index in [9.17, 15) is 18.0 Å². The Morgan fingerprint density at radius 2 is 1.95 bits per heavy atom. The molecule has 0 radical (unpaired) electrons. The second-order valence-corrected chi connectivity index (χ2v) is 6.60. The quantitative estimate of drug-likeness (QED) is 0.719. The largest absolute Gasteiger partial charge is 0.481 e. The summed E-state index contributed by atoms with van der Waals surface area (Å²) in [6, 6.07) is 4.57. The number of aryl methyl sites for hydroxylation is 1. The Morgan fingerprint density at radius 3 is 2.48 bits per heavy atom. The van der Waals surface area contributed by atoms with Gasteiger partial charge in [-0.15, -0.1) is 0 Å². The molecule has 1 aromatic rings. The normalized spacial score (nSPS) is 12.5. The molecule has 0 aromatic heterocycles. The maximum absolute atomic E-state index is 11.9. The standard InChI is InChI=1S/C13H18N2O5S/c1-8-4-5-10(6-11(8)15-21(3,19)20)12(16)14-7-9(2)13(17)18/h4-6,9,15H,7H2,1-3H3,(H,14,16)(H,17,18). The Kier molecular flexibility index (Phi) is 5.31. The lowest BCUT2D eigenvalue weighted by Crippen LogP contribution is -2.31. The van der Waals surface area contributed by atoms with E-state index in [2.05, 4.69) is 10.0 Å². The predicted octanol–water partition coefficient (Wildman–Crippen LogP) is 0.817. The number of carbonyl (C=O) groups is 2. The summed E-state index contributed by atoms with van der Waals surface area (Å²) in [5.41, 5.74) is 1.25. The molecule has 0 heterocycles. The zero-order valence-corrected chi connectivity index (χ0v) is 12.8. The Morgan fingerprint density at radius 1 is 1.33 bits per heavy atom. The molecule has 0 aliphatic rings. The minimum atomic E-state index is -3.44. The van der Waals surface area contributed by atoms with Crippen LogP contribution in [0.4, 0.5) is 5.69 Å². The minimum Gasteiger partial charge on any atom is -0.481 e. The summed E-state index contributed by atoms with van der Waals surface area (Å²) in [4.78, 5) is 22.6. The highest BCUT2D eigenvalue weighted by atomic mass is 32.2. The molecule has 8 heteroatoms. The molecule has 7 nitrogen and oxygen atoms in total. The molecule has 21 heavy (non-hydrogen) atoms. The zero-order chi connectivity index (χ0) is 16.2. The van der Waals surface area contributed by atoms with E-state index in [0.29, 0.717) is 11.3 Å². The van der Waals surface area contributed by atoms with Gasteiger partial charge in [-0.1, -0.05) is 13.0 Å². The van der Waals surface area contributed by atoms with Crippen molar-refractivity contribution in [2.45, 2.75) is 13.8 Å². The van der Waals surface area contributed by atoms with E-state index in [1.807, 2.05) is 0 Å². The summed E-state index contributed by atoms with van der Waals surface area (Å²) in [7, 11) is -3.44. The number of amides is 1. The number of aliphatic carboxylic acids is 1. The maximum atomic E-state index is 11.9. The predicted molar refractivity (Wildman–Crippen MR) is 78.8 cm³/mol. The molecule has 1 atom stereocenters. The molecule has 0 bridgehead atoms. The van der Waals surface area contributed by atoms with Gasteiger partial charge in [-0.3, -0.25) is 14.3 Å². The molecule has 1 amide bonds. The molecular weight excluding hydrogens is 296 g/mol. The highest BCUT2D eigenvalue weighted by molar-refractivity contribution is 7.92. The van der Waals surface area contributed by atoms with Gasteiger partial charge in [-0.2, -0.15) is 0 Å². The van der Waals surface area contributed by atoms with Crippen molar-refractivity contribution in [3.63, 3.8) is 0 Å². The molecule has 0 aliphatic carbocycles. The van der Waals surface area contributed by atoms with Crippen molar-refractivity contribution in [1.82, 2.24) is 5.32 Å². The average Bonchev–Trinajstić information content (AvgIpc) is 2.36. The fourth-order valence-corrected chi connectivity index (χ4v) is 2.13. The average molecular weight is 314 g/mol. The number of sulfonamides is 1. The molecule has 0 aliphatic heterocycles. The van der Waals surface area contributed by atoms with Crippen LogP contribution in [0.2, 0.25) is 0 Å². The monoisotopic (exact) mass is 314 g/mol. The van der Waals surface area contributed by atoms with Gasteiger partial charge in [0.1, 0.15) is 0 Å². The third-order valence-corrected chi connectivity index (χ3v) is 3.38. The number of hydrogen-bond donors (Lipinski definition) is 3. The van der Waals surface area contributed by atoms with Gasteiger partial charge in [0.2, 0.25) is 10.0 Å². The van der Waals surface area contributed by atoms with Crippen LogP contribution in [0.15, 0.2) is 18.2 Å². The second-order valence-electron chi connectivity index (χ2n) is 4.85. The van der Waals surface area contributed by atoms with Gasteiger partial charge in [0.15, 0.2) is 0 Å². The van der Waals surface area contributed by atoms with E-state index in [0.717, 1.165) is 6.26 Å². The first kappa shape index (κ1) is 17.0. The van der Waals surface area contributed by atoms with E-state index in [1.165, 1.54) is 13.0 Å². The lowest BCUT2D eigenvalue weighted by atomic mass is 10.1. The van der Waals surface area contributed by atoms with Crippen LogP contribution in [-0.4, -0.2) is 38.2 Å². The van der Waals surface area contributed by atoms with Crippen LogP contribution in [-0.2, 0) is 14.8 Å². The molecule has 3 N–H and O–H groups in total. The summed E-state index contributed by atoms with van der Waals surface area (Å²) < 4.78 is 24.8. The van der Waals surface area contributed by atoms with E-state index >= 15 is 0 Å². The van der Waals surface area contributed by atoms with Crippen molar-refractivity contribution in [3.05, 3.63) is 29.3 Å². The Bertz CT molecular complexity index is 655. The van der Waals surface area contributed by atoms with Crippen LogP contribution in [0.25, 0.3) is 0 Å². The molecule has 0 spiro atoms.